The van der Waals surface area contributed by atoms with Gasteiger partial charge >= 0.3 is 0 Å². The predicted molar refractivity (Wildman–Crippen MR) is 71.2 cm³/mol. The lowest BCUT2D eigenvalue weighted by Gasteiger charge is -2.27. The first kappa shape index (κ1) is 13.7. The van der Waals surface area contributed by atoms with Gasteiger partial charge in [0.2, 0.25) is 0 Å². The number of hydrogen-bond donors (Lipinski definition) is 1. The summed E-state index contributed by atoms with van der Waals surface area (Å²) in [7, 11) is 3.96. The van der Waals surface area contributed by atoms with Crippen molar-refractivity contribution in [3.8, 4) is 0 Å². The molecule has 0 radical (unpaired) electrons. The van der Waals surface area contributed by atoms with Crippen LogP contribution in [0.2, 0.25) is 0 Å². The summed E-state index contributed by atoms with van der Waals surface area (Å²) in [5.74, 6) is 0.675. The number of rotatable bonds is 4. The fourth-order valence-electron chi connectivity index (χ4n) is 2.42. The fourth-order valence-corrected chi connectivity index (χ4v) is 2.42. The maximum absolute atomic E-state index is 10.6. The van der Waals surface area contributed by atoms with Gasteiger partial charge in [0.15, 0.2) is 0 Å². The molecule has 2 unspecified atom stereocenters. The minimum Gasteiger partial charge on any atom is -0.391 e. The smallest absolute Gasteiger partial charge is 0.287 e. The normalized spacial score (nSPS) is 23.1. The Morgan fingerprint density at radius 3 is 2.84 bits per heavy atom. The summed E-state index contributed by atoms with van der Waals surface area (Å²) in [5, 5.41) is 20.4. The van der Waals surface area contributed by atoms with Crippen LogP contribution in [0.1, 0.15) is 6.42 Å². The molecule has 0 amide bonds. The van der Waals surface area contributed by atoms with E-state index in [9.17, 15) is 15.2 Å². The first-order valence-electron chi connectivity index (χ1n) is 6.17. The number of nitrogens with zero attached hydrogens (tertiary/aromatic N) is 4. The Morgan fingerprint density at radius 2 is 2.32 bits per heavy atom. The molecule has 1 N–H and O–H groups in total. The van der Waals surface area contributed by atoms with Gasteiger partial charge in [0.1, 0.15) is 12.0 Å². The maximum atomic E-state index is 10.6. The minimum atomic E-state index is -0.465. The van der Waals surface area contributed by atoms with E-state index in [4.69, 9.17) is 0 Å². The first-order valence-corrected chi connectivity index (χ1v) is 6.17. The number of pyridine rings is 1. The molecule has 1 saturated heterocycles. The Morgan fingerprint density at radius 1 is 1.58 bits per heavy atom. The van der Waals surface area contributed by atoms with Crippen LogP contribution < -0.4 is 4.90 Å². The van der Waals surface area contributed by atoms with Gasteiger partial charge in [0.25, 0.3) is 5.69 Å². The van der Waals surface area contributed by atoms with Crippen LogP contribution in [0.4, 0.5) is 11.5 Å². The van der Waals surface area contributed by atoms with E-state index in [2.05, 4.69) is 9.88 Å². The zero-order valence-corrected chi connectivity index (χ0v) is 11.1. The molecule has 0 saturated carbocycles. The van der Waals surface area contributed by atoms with Crippen molar-refractivity contribution in [3.63, 3.8) is 0 Å². The molecule has 0 aliphatic carbocycles. The molecular weight excluding hydrogens is 248 g/mol. The second-order valence-corrected chi connectivity index (χ2v) is 5.09. The average Bonchev–Trinajstić information content (AvgIpc) is 2.69. The summed E-state index contributed by atoms with van der Waals surface area (Å²) in [6.45, 7) is 1.33. The molecule has 19 heavy (non-hydrogen) atoms. The molecule has 1 aliphatic heterocycles. The van der Waals surface area contributed by atoms with Crippen molar-refractivity contribution < 1.29 is 10.0 Å². The molecule has 1 aliphatic rings. The molecule has 7 heteroatoms. The van der Waals surface area contributed by atoms with Crippen LogP contribution in [-0.2, 0) is 0 Å². The number of β-amino-alcohol motifs (C(OH)–C–C–N with tert-alkyl or cyclic N) is 1. The lowest BCUT2D eigenvalue weighted by atomic mass is 10.2. The van der Waals surface area contributed by atoms with E-state index in [-0.39, 0.29) is 17.8 Å². The number of nitro groups is 1. The van der Waals surface area contributed by atoms with Crippen LogP contribution in [0.3, 0.4) is 0 Å². The van der Waals surface area contributed by atoms with Gasteiger partial charge < -0.3 is 14.9 Å². The summed E-state index contributed by atoms with van der Waals surface area (Å²) in [6.07, 6.45) is 1.57. The highest BCUT2D eigenvalue weighted by atomic mass is 16.6. The van der Waals surface area contributed by atoms with Crippen molar-refractivity contribution in [2.75, 3.05) is 32.1 Å². The van der Waals surface area contributed by atoms with Gasteiger partial charge in [-0.05, 0) is 26.6 Å². The average molecular weight is 266 g/mol. The van der Waals surface area contributed by atoms with Crippen LogP contribution in [0, 0.1) is 10.1 Å². The fraction of sp³-hybridized carbons (Fsp3) is 0.583. The molecule has 2 heterocycles. The van der Waals surface area contributed by atoms with E-state index < -0.39 is 4.92 Å². The van der Waals surface area contributed by atoms with Crippen LogP contribution >= 0.6 is 0 Å². The summed E-state index contributed by atoms with van der Waals surface area (Å²) >= 11 is 0. The van der Waals surface area contributed by atoms with E-state index in [0.717, 1.165) is 6.54 Å². The zero-order valence-electron chi connectivity index (χ0n) is 11.1. The van der Waals surface area contributed by atoms with Gasteiger partial charge in [-0.25, -0.2) is 4.98 Å². The van der Waals surface area contributed by atoms with Crippen molar-refractivity contribution >= 4 is 11.5 Å². The van der Waals surface area contributed by atoms with E-state index in [0.29, 0.717) is 18.8 Å². The standard InChI is InChI=1S/C12H18N4O3/c1-14(2)7-10-5-11(17)8-15(10)12-4-3-9(6-13-12)16(18)19/h3-4,6,10-11,17H,5,7-8H2,1-2H3. The molecule has 1 fully saturated rings. The van der Waals surface area contributed by atoms with Gasteiger partial charge in [-0.15, -0.1) is 0 Å². The molecular formula is C12H18N4O3. The minimum absolute atomic E-state index is 0.0207. The number of likely N-dealkylation sites (N-methyl/N-ethyl adjacent to an activating group) is 1. The largest absolute Gasteiger partial charge is 0.391 e. The molecule has 2 rings (SSSR count). The van der Waals surface area contributed by atoms with Crippen molar-refractivity contribution in [1.29, 1.82) is 0 Å². The number of aromatic nitrogens is 1. The Bertz CT molecular complexity index is 449. The van der Waals surface area contributed by atoms with E-state index in [1.165, 1.54) is 12.3 Å². The third kappa shape index (κ3) is 3.18. The van der Waals surface area contributed by atoms with E-state index >= 15 is 0 Å². The van der Waals surface area contributed by atoms with Crippen molar-refractivity contribution in [2.45, 2.75) is 18.6 Å². The summed E-state index contributed by atoms with van der Waals surface area (Å²) in [5.41, 5.74) is -0.0207. The Labute approximate surface area is 111 Å². The Balaban J connectivity index is 2.16. The molecule has 2 atom stereocenters. The third-order valence-electron chi connectivity index (χ3n) is 3.21. The Hall–Kier alpha value is -1.73. The number of aliphatic hydroxyl groups excluding tert-OH is 1. The van der Waals surface area contributed by atoms with E-state index in [1.807, 2.05) is 19.0 Å². The van der Waals surface area contributed by atoms with Gasteiger partial charge in [-0.1, -0.05) is 0 Å². The van der Waals surface area contributed by atoms with Gasteiger partial charge in [-0.3, -0.25) is 10.1 Å². The SMILES string of the molecule is CN(C)CC1CC(O)CN1c1ccc([N+](=O)[O-])cn1. The highest BCUT2D eigenvalue weighted by Gasteiger charge is 2.32. The van der Waals surface area contributed by atoms with Crippen LogP contribution in [-0.4, -0.2) is 59.2 Å². The second-order valence-electron chi connectivity index (χ2n) is 5.09. The molecule has 0 spiro atoms. The molecule has 104 valence electrons. The molecule has 0 bridgehead atoms. The number of aliphatic hydroxyl groups is 1. The third-order valence-corrected chi connectivity index (χ3v) is 3.21. The summed E-state index contributed by atoms with van der Waals surface area (Å²) in [6, 6.07) is 3.26. The predicted octanol–water partition coefficient (Wildman–Crippen LogP) is 0.491. The second kappa shape index (κ2) is 5.50. The van der Waals surface area contributed by atoms with Crippen LogP contribution in [0.25, 0.3) is 0 Å². The van der Waals surface area contributed by atoms with Crippen molar-refractivity contribution in [2.24, 2.45) is 0 Å². The summed E-state index contributed by atoms with van der Waals surface area (Å²) in [4.78, 5) is 18.3. The van der Waals surface area contributed by atoms with Gasteiger partial charge in [0, 0.05) is 25.2 Å². The molecule has 7 nitrogen and oxygen atoms in total. The lowest BCUT2D eigenvalue weighted by Crippen LogP contribution is -2.38. The quantitative estimate of drug-likeness (QED) is 0.631. The molecule has 1 aromatic heterocycles. The Kier molecular flexibility index (Phi) is 3.96. The lowest BCUT2D eigenvalue weighted by molar-refractivity contribution is -0.385. The van der Waals surface area contributed by atoms with Crippen molar-refractivity contribution in [3.05, 3.63) is 28.4 Å². The van der Waals surface area contributed by atoms with E-state index in [1.54, 1.807) is 6.07 Å². The van der Waals surface area contributed by atoms with Crippen LogP contribution in [0.5, 0.6) is 0 Å². The monoisotopic (exact) mass is 266 g/mol. The first-order chi connectivity index (χ1) is 8.97. The topological polar surface area (TPSA) is 82.7 Å². The summed E-state index contributed by atoms with van der Waals surface area (Å²) < 4.78 is 0. The van der Waals surface area contributed by atoms with Gasteiger partial charge in [0.05, 0.1) is 11.0 Å². The zero-order chi connectivity index (χ0) is 14.0. The highest BCUT2D eigenvalue weighted by Crippen LogP contribution is 2.25. The maximum Gasteiger partial charge on any atom is 0.287 e. The highest BCUT2D eigenvalue weighted by molar-refractivity contribution is 5.45. The number of anilines is 1. The molecule has 1 aromatic rings. The van der Waals surface area contributed by atoms with Gasteiger partial charge in [-0.2, -0.15) is 0 Å². The molecule has 0 aromatic carbocycles. The van der Waals surface area contributed by atoms with Crippen molar-refractivity contribution in [1.82, 2.24) is 9.88 Å². The number of hydrogen-bond acceptors (Lipinski definition) is 6. The van der Waals surface area contributed by atoms with Crippen LogP contribution in [0.15, 0.2) is 18.3 Å².